The first kappa shape index (κ1) is 17.8. The van der Waals surface area contributed by atoms with Crippen LogP contribution in [-0.2, 0) is 15.8 Å². The summed E-state index contributed by atoms with van der Waals surface area (Å²) in [5.74, 6) is -1.52. The summed E-state index contributed by atoms with van der Waals surface area (Å²) in [5.41, 5.74) is -1.05. The Labute approximate surface area is 147 Å². The summed E-state index contributed by atoms with van der Waals surface area (Å²) in [7, 11) is 0. The van der Waals surface area contributed by atoms with Gasteiger partial charge in [0, 0.05) is 25.7 Å². The Balaban J connectivity index is 1.94. The van der Waals surface area contributed by atoms with E-state index in [1.165, 1.54) is 6.07 Å². The highest BCUT2D eigenvalue weighted by molar-refractivity contribution is 6.52. The SMILES string of the molecule is C[C@@H]1CN(C2=C(Cl)C(=O)N(c3cccc(C(F)(F)F)c3)C2=O)CCN1. The number of nitrogens with one attached hydrogen (secondary N) is 1. The van der Waals surface area contributed by atoms with Gasteiger partial charge < -0.3 is 10.2 Å². The average Bonchev–Trinajstić information content (AvgIpc) is 2.76. The van der Waals surface area contributed by atoms with E-state index in [0.717, 1.165) is 18.2 Å². The van der Waals surface area contributed by atoms with E-state index in [-0.39, 0.29) is 22.5 Å². The number of anilines is 1. The van der Waals surface area contributed by atoms with Crippen molar-refractivity contribution < 1.29 is 22.8 Å². The minimum Gasteiger partial charge on any atom is -0.363 e. The largest absolute Gasteiger partial charge is 0.416 e. The molecule has 0 aliphatic carbocycles. The van der Waals surface area contributed by atoms with E-state index < -0.39 is 23.6 Å². The van der Waals surface area contributed by atoms with Crippen LogP contribution in [0.15, 0.2) is 35.0 Å². The molecule has 0 spiro atoms. The van der Waals surface area contributed by atoms with Gasteiger partial charge in [-0.25, -0.2) is 4.90 Å². The minimum absolute atomic E-state index is 0.0393. The van der Waals surface area contributed by atoms with E-state index in [1.807, 2.05) is 6.92 Å². The fraction of sp³-hybridized carbons (Fsp3) is 0.375. The second kappa shape index (κ2) is 6.34. The molecule has 25 heavy (non-hydrogen) atoms. The summed E-state index contributed by atoms with van der Waals surface area (Å²) in [6.45, 7) is 3.48. The van der Waals surface area contributed by atoms with Crippen molar-refractivity contribution in [3.8, 4) is 0 Å². The van der Waals surface area contributed by atoms with E-state index in [0.29, 0.717) is 24.5 Å². The fourth-order valence-electron chi connectivity index (χ4n) is 2.96. The van der Waals surface area contributed by atoms with Crippen molar-refractivity contribution in [2.24, 2.45) is 0 Å². The Bertz CT molecular complexity index is 763. The first-order valence-corrected chi connectivity index (χ1v) is 8.02. The topological polar surface area (TPSA) is 52.7 Å². The van der Waals surface area contributed by atoms with Crippen LogP contribution in [0, 0.1) is 0 Å². The number of carbonyl (C=O) groups excluding carboxylic acids is 2. The van der Waals surface area contributed by atoms with Gasteiger partial charge in [0.1, 0.15) is 10.7 Å². The third kappa shape index (κ3) is 3.23. The molecule has 3 rings (SSSR count). The van der Waals surface area contributed by atoms with Gasteiger partial charge in [0.2, 0.25) is 0 Å². The molecule has 1 fully saturated rings. The Morgan fingerprint density at radius 2 is 1.96 bits per heavy atom. The lowest BCUT2D eigenvalue weighted by Gasteiger charge is -2.33. The molecule has 0 aromatic heterocycles. The standard InChI is InChI=1S/C16H15ClF3N3O2/c1-9-8-22(6-5-21-9)13-12(17)14(24)23(15(13)25)11-4-2-3-10(7-11)16(18,19)20/h2-4,7,9,21H,5-6,8H2,1H3/t9-/m1/s1. The number of carbonyl (C=O) groups is 2. The van der Waals surface area contributed by atoms with Crippen LogP contribution < -0.4 is 10.2 Å². The van der Waals surface area contributed by atoms with Crippen molar-refractivity contribution in [1.82, 2.24) is 10.2 Å². The molecule has 0 bridgehead atoms. The predicted molar refractivity (Wildman–Crippen MR) is 85.9 cm³/mol. The molecule has 2 amide bonds. The van der Waals surface area contributed by atoms with Crippen LogP contribution in [0.1, 0.15) is 12.5 Å². The number of piperazine rings is 1. The molecule has 134 valence electrons. The first-order chi connectivity index (χ1) is 11.7. The number of hydrogen-bond donors (Lipinski definition) is 1. The van der Waals surface area contributed by atoms with E-state index in [1.54, 1.807) is 4.90 Å². The molecule has 2 heterocycles. The molecule has 0 radical (unpaired) electrons. The molecule has 0 saturated carbocycles. The van der Waals surface area contributed by atoms with E-state index in [9.17, 15) is 22.8 Å². The normalized spacial score (nSPS) is 22.2. The lowest BCUT2D eigenvalue weighted by Crippen LogP contribution is -2.50. The number of benzene rings is 1. The third-order valence-corrected chi connectivity index (χ3v) is 4.46. The van der Waals surface area contributed by atoms with Gasteiger partial charge in [-0.2, -0.15) is 13.2 Å². The van der Waals surface area contributed by atoms with Crippen LogP contribution in [0.3, 0.4) is 0 Å². The zero-order valence-corrected chi connectivity index (χ0v) is 14.0. The van der Waals surface area contributed by atoms with Gasteiger partial charge in [-0.1, -0.05) is 17.7 Å². The zero-order valence-electron chi connectivity index (χ0n) is 13.2. The fourth-order valence-corrected chi connectivity index (χ4v) is 3.24. The predicted octanol–water partition coefficient (Wildman–Crippen LogP) is 2.32. The molecule has 1 N–H and O–H groups in total. The maximum atomic E-state index is 12.9. The van der Waals surface area contributed by atoms with E-state index >= 15 is 0 Å². The molecule has 0 unspecified atom stereocenters. The van der Waals surface area contributed by atoms with Crippen LogP contribution in [-0.4, -0.2) is 42.4 Å². The number of imide groups is 1. The van der Waals surface area contributed by atoms with Gasteiger partial charge in [-0.05, 0) is 25.1 Å². The van der Waals surface area contributed by atoms with E-state index in [4.69, 9.17) is 11.6 Å². The van der Waals surface area contributed by atoms with Crippen molar-refractivity contribution in [2.75, 3.05) is 24.5 Å². The maximum absolute atomic E-state index is 12.9. The molecule has 1 saturated heterocycles. The maximum Gasteiger partial charge on any atom is 0.416 e. The van der Waals surface area contributed by atoms with E-state index in [2.05, 4.69) is 5.32 Å². The molecule has 2 aliphatic rings. The number of nitrogens with zero attached hydrogens (tertiary/aromatic N) is 2. The van der Waals surface area contributed by atoms with Crippen molar-refractivity contribution in [2.45, 2.75) is 19.1 Å². The number of rotatable bonds is 2. The van der Waals surface area contributed by atoms with Crippen molar-refractivity contribution >= 4 is 29.1 Å². The van der Waals surface area contributed by atoms with Gasteiger partial charge >= 0.3 is 6.18 Å². The lowest BCUT2D eigenvalue weighted by molar-refractivity contribution is -0.137. The monoisotopic (exact) mass is 373 g/mol. The number of amides is 2. The highest BCUT2D eigenvalue weighted by Gasteiger charge is 2.42. The summed E-state index contributed by atoms with van der Waals surface area (Å²) in [6, 6.07) is 4.16. The van der Waals surface area contributed by atoms with Gasteiger partial charge in [0.15, 0.2) is 0 Å². The zero-order chi connectivity index (χ0) is 18.4. The average molecular weight is 374 g/mol. The van der Waals surface area contributed by atoms with Gasteiger partial charge in [0.25, 0.3) is 11.8 Å². The second-order valence-electron chi connectivity index (χ2n) is 5.96. The first-order valence-electron chi connectivity index (χ1n) is 7.64. The Hall–Kier alpha value is -2.06. The molecule has 1 aromatic rings. The number of halogens is 4. The second-order valence-corrected chi connectivity index (χ2v) is 6.34. The summed E-state index contributed by atoms with van der Waals surface area (Å²) in [6.07, 6.45) is -4.57. The third-order valence-electron chi connectivity index (χ3n) is 4.12. The Kier molecular flexibility index (Phi) is 4.51. The van der Waals surface area contributed by atoms with Crippen molar-refractivity contribution in [3.05, 3.63) is 40.6 Å². The lowest BCUT2D eigenvalue weighted by atomic mass is 10.2. The quantitative estimate of drug-likeness (QED) is 0.808. The highest BCUT2D eigenvalue weighted by Crippen LogP contribution is 2.35. The van der Waals surface area contributed by atoms with Crippen LogP contribution in [0.2, 0.25) is 0 Å². The Morgan fingerprint density at radius 1 is 1.24 bits per heavy atom. The summed E-state index contributed by atoms with van der Waals surface area (Å²) < 4.78 is 38.7. The van der Waals surface area contributed by atoms with Crippen LogP contribution in [0.5, 0.6) is 0 Å². The number of alkyl halides is 3. The summed E-state index contributed by atoms with van der Waals surface area (Å²) in [4.78, 5) is 27.5. The van der Waals surface area contributed by atoms with Crippen LogP contribution >= 0.6 is 11.6 Å². The van der Waals surface area contributed by atoms with Gasteiger partial charge in [-0.15, -0.1) is 0 Å². The molecule has 1 atom stereocenters. The molecule has 9 heteroatoms. The minimum atomic E-state index is -4.57. The highest BCUT2D eigenvalue weighted by atomic mass is 35.5. The summed E-state index contributed by atoms with van der Waals surface area (Å²) >= 11 is 6.06. The van der Waals surface area contributed by atoms with Crippen LogP contribution in [0.4, 0.5) is 18.9 Å². The number of hydrogen-bond acceptors (Lipinski definition) is 4. The van der Waals surface area contributed by atoms with Gasteiger partial charge in [0.05, 0.1) is 11.3 Å². The van der Waals surface area contributed by atoms with Crippen LogP contribution in [0.25, 0.3) is 0 Å². The molecule has 2 aliphatic heterocycles. The Morgan fingerprint density at radius 3 is 2.60 bits per heavy atom. The van der Waals surface area contributed by atoms with Crippen molar-refractivity contribution in [1.29, 1.82) is 0 Å². The molecule has 5 nitrogen and oxygen atoms in total. The van der Waals surface area contributed by atoms with Crippen molar-refractivity contribution in [3.63, 3.8) is 0 Å². The molecule has 1 aromatic carbocycles. The molecular weight excluding hydrogens is 359 g/mol. The summed E-state index contributed by atoms with van der Waals surface area (Å²) in [5, 5.41) is 2.93. The smallest absolute Gasteiger partial charge is 0.363 e. The van der Waals surface area contributed by atoms with Gasteiger partial charge in [-0.3, -0.25) is 9.59 Å². The molecular formula is C16H15ClF3N3O2.